The lowest BCUT2D eigenvalue weighted by atomic mass is 10.1. The summed E-state index contributed by atoms with van der Waals surface area (Å²) in [4.78, 5) is 12.5. The summed E-state index contributed by atoms with van der Waals surface area (Å²) >= 11 is 0. The fourth-order valence-electron chi connectivity index (χ4n) is 3.27. The van der Waals surface area contributed by atoms with Crippen molar-refractivity contribution in [1.29, 1.82) is 0 Å². The van der Waals surface area contributed by atoms with Gasteiger partial charge in [-0.25, -0.2) is 14.7 Å². The van der Waals surface area contributed by atoms with E-state index in [1.54, 1.807) is 6.20 Å². The van der Waals surface area contributed by atoms with Crippen molar-refractivity contribution in [3.05, 3.63) is 90.6 Å². The Kier molecular flexibility index (Phi) is 6.74. The quantitative estimate of drug-likeness (QED) is 0.305. The molecule has 0 saturated heterocycles. The smallest absolute Gasteiger partial charge is 0.191 e. The lowest BCUT2D eigenvalue weighted by Gasteiger charge is -2.11. The maximum Gasteiger partial charge on any atom is 0.191 e. The lowest BCUT2D eigenvalue weighted by Crippen LogP contribution is -2.38. The van der Waals surface area contributed by atoms with E-state index in [4.69, 9.17) is 0 Å². The van der Waals surface area contributed by atoms with Crippen LogP contribution in [0.15, 0.2) is 84.2 Å². The molecule has 0 unspecified atom stereocenters. The van der Waals surface area contributed by atoms with Crippen molar-refractivity contribution in [2.24, 2.45) is 4.99 Å². The number of imidazole rings is 1. The SMILES string of the molecule is CCNC(=NCc1ncc(-c2ccccc2)[nH]1)NCCc1ccc(-n2cccn2)cc1. The second-order valence-corrected chi connectivity index (χ2v) is 7.10. The predicted octanol–water partition coefficient (Wildman–Crippen LogP) is 3.56. The second kappa shape index (κ2) is 10.2. The van der Waals surface area contributed by atoms with Gasteiger partial charge in [-0.15, -0.1) is 0 Å². The fourth-order valence-corrected chi connectivity index (χ4v) is 3.27. The first-order chi connectivity index (χ1) is 15.3. The Labute approximate surface area is 182 Å². The van der Waals surface area contributed by atoms with Gasteiger partial charge in [0.25, 0.3) is 0 Å². The Balaban J connectivity index is 1.30. The van der Waals surface area contributed by atoms with E-state index in [2.05, 4.69) is 74.0 Å². The zero-order valence-electron chi connectivity index (χ0n) is 17.6. The number of aromatic nitrogens is 4. The van der Waals surface area contributed by atoms with Crippen molar-refractivity contribution in [3.8, 4) is 16.9 Å². The van der Waals surface area contributed by atoms with Crippen LogP contribution in [-0.2, 0) is 13.0 Å². The van der Waals surface area contributed by atoms with E-state index >= 15 is 0 Å². The molecule has 0 radical (unpaired) electrons. The Morgan fingerprint density at radius 2 is 1.87 bits per heavy atom. The van der Waals surface area contributed by atoms with Crippen molar-refractivity contribution < 1.29 is 0 Å². The number of H-pyrrole nitrogens is 1. The number of hydrogen-bond acceptors (Lipinski definition) is 3. The summed E-state index contributed by atoms with van der Waals surface area (Å²) in [6, 6.07) is 20.5. The molecule has 2 heterocycles. The molecule has 0 amide bonds. The standard InChI is InChI=1S/C24H27N7/c1-2-25-24(28-18-23-27-17-22(30-23)20-7-4-3-5-8-20)26-15-13-19-9-11-21(12-10-19)31-16-6-14-29-31/h3-12,14,16-17H,2,13,15,18H2,1H3,(H,27,30)(H2,25,26,28). The number of hydrogen-bond donors (Lipinski definition) is 3. The van der Waals surface area contributed by atoms with Crippen molar-refractivity contribution in [2.75, 3.05) is 13.1 Å². The third-order valence-corrected chi connectivity index (χ3v) is 4.86. The van der Waals surface area contributed by atoms with Gasteiger partial charge < -0.3 is 15.6 Å². The van der Waals surface area contributed by atoms with E-state index < -0.39 is 0 Å². The molecule has 2 aromatic heterocycles. The molecule has 2 aromatic carbocycles. The van der Waals surface area contributed by atoms with Crippen LogP contribution in [0.3, 0.4) is 0 Å². The molecular formula is C24H27N7. The zero-order valence-corrected chi connectivity index (χ0v) is 17.6. The number of benzene rings is 2. The average Bonchev–Trinajstić information content (AvgIpc) is 3.51. The molecule has 0 fully saturated rings. The number of guanidine groups is 1. The lowest BCUT2D eigenvalue weighted by molar-refractivity contribution is 0.793. The van der Waals surface area contributed by atoms with E-state index in [-0.39, 0.29) is 0 Å². The molecule has 7 heteroatoms. The molecule has 0 aliphatic heterocycles. The van der Waals surface area contributed by atoms with E-state index in [0.717, 1.165) is 48.2 Å². The van der Waals surface area contributed by atoms with Gasteiger partial charge in [0.1, 0.15) is 12.4 Å². The highest BCUT2D eigenvalue weighted by atomic mass is 15.3. The van der Waals surface area contributed by atoms with Gasteiger partial charge in [0.05, 0.1) is 17.6 Å². The minimum atomic E-state index is 0.487. The van der Waals surface area contributed by atoms with Gasteiger partial charge in [-0.2, -0.15) is 5.10 Å². The van der Waals surface area contributed by atoms with Crippen LogP contribution in [0.25, 0.3) is 16.9 Å². The Morgan fingerprint density at radius 3 is 2.61 bits per heavy atom. The number of aromatic amines is 1. The predicted molar refractivity (Wildman–Crippen MR) is 124 cm³/mol. The second-order valence-electron chi connectivity index (χ2n) is 7.10. The van der Waals surface area contributed by atoms with Gasteiger partial charge in [0.15, 0.2) is 5.96 Å². The van der Waals surface area contributed by atoms with Crippen LogP contribution in [0.5, 0.6) is 0 Å². The topological polar surface area (TPSA) is 82.9 Å². The summed E-state index contributed by atoms with van der Waals surface area (Å²) < 4.78 is 1.86. The van der Waals surface area contributed by atoms with Gasteiger partial charge in [0, 0.05) is 25.5 Å². The van der Waals surface area contributed by atoms with E-state index in [1.807, 2.05) is 41.3 Å². The number of aliphatic imine (C=N–C) groups is 1. The van der Waals surface area contributed by atoms with Gasteiger partial charge >= 0.3 is 0 Å². The number of nitrogens with zero attached hydrogens (tertiary/aromatic N) is 4. The van der Waals surface area contributed by atoms with Crippen LogP contribution in [0.4, 0.5) is 0 Å². The van der Waals surface area contributed by atoms with Crippen LogP contribution >= 0.6 is 0 Å². The molecule has 0 aliphatic rings. The van der Waals surface area contributed by atoms with Crippen molar-refractivity contribution in [3.63, 3.8) is 0 Å². The Morgan fingerprint density at radius 1 is 1.03 bits per heavy atom. The van der Waals surface area contributed by atoms with Crippen LogP contribution in [0.2, 0.25) is 0 Å². The molecule has 0 atom stereocenters. The van der Waals surface area contributed by atoms with Crippen LogP contribution in [-0.4, -0.2) is 38.8 Å². The maximum atomic E-state index is 4.66. The molecule has 4 rings (SSSR count). The number of rotatable bonds is 8. The van der Waals surface area contributed by atoms with Gasteiger partial charge in [0.2, 0.25) is 0 Å². The van der Waals surface area contributed by atoms with Crippen molar-refractivity contribution in [2.45, 2.75) is 19.9 Å². The maximum absolute atomic E-state index is 4.66. The minimum Gasteiger partial charge on any atom is -0.357 e. The first kappa shape index (κ1) is 20.4. The molecule has 0 spiro atoms. The van der Waals surface area contributed by atoms with E-state index in [1.165, 1.54) is 5.56 Å². The van der Waals surface area contributed by atoms with Crippen molar-refractivity contribution in [1.82, 2.24) is 30.4 Å². The highest BCUT2D eigenvalue weighted by Gasteiger charge is 2.04. The fraction of sp³-hybridized carbons (Fsp3) is 0.208. The summed E-state index contributed by atoms with van der Waals surface area (Å²) in [5.74, 6) is 1.62. The normalized spacial score (nSPS) is 11.5. The first-order valence-corrected chi connectivity index (χ1v) is 10.5. The van der Waals surface area contributed by atoms with E-state index in [0.29, 0.717) is 6.54 Å². The zero-order chi connectivity index (χ0) is 21.3. The summed E-state index contributed by atoms with van der Waals surface area (Å²) in [7, 11) is 0. The monoisotopic (exact) mass is 413 g/mol. The highest BCUT2D eigenvalue weighted by molar-refractivity contribution is 5.79. The minimum absolute atomic E-state index is 0.487. The van der Waals surface area contributed by atoms with Crippen LogP contribution < -0.4 is 10.6 Å². The summed E-state index contributed by atoms with van der Waals surface area (Å²) in [6.07, 6.45) is 6.48. The molecule has 0 bridgehead atoms. The van der Waals surface area contributed by atoms with Crippen LogP contribution in [0, 0.1) is 0 Å². The van der Waals surface area contributed by atoms with Gasteiger partial charge in [-0.1, -0.05) is 42.5 Å². The number of nitrogens with one attached hydrogen (secondary N) is 3. The summed E-state index contributed by atoms with van der Waals surface area (Å²) in [6.45, 7) is 4.14. The highest BCUT2D eigenvalue weighted by Crippen LogP contribution is 2.16. The Hall–Kier alpha value is -3.87. The van der Waals surface area contributed by atoms with Gasteiger partial charge in [-0.3, -0.25) is 0 Å². The molecule has 158 valence electrons. The summed E-state index contributed by atoms with van der Waals surface area (Å²) in [5.41, 5.74) is 4.44. The van der Waals surface area contributed by atoms with E-state index in [9.17, 15) is 0 Å². The third kappa shape index (κ3) is 5.60. The Bertz CT molecular complexity index is 1080. The molecule has 0 saturated carbocycles. The third-order valence-electron chi connectivity index (χ3n) is 4.86. The largest absolute Gasteiger partial charge is 0.357 e. The molecule has 0 aliphatic carbocycles. The molecule has 3 N–H and O–H groups in total. The molecule has 4 aromatic rings. The van der Waals surface area contributed by atoms with Crippen LogP contribution in [0.1, 0.15) is 18.3 Å². The van der Waals surface area contributed by atoms with Gasteiger partial charge in [-0.05, 0) is 42.7 Å². The first-order valence-electron chi connectivity index (χ1n) is 10.5. The van der Waals surface area contributed by atoms with Crippen molar-refractivity contribution >= 4 is 5.96 Å². The molecule has 31 heavy (non-hydrogen) atoms. The summed E-state index contributed by atoms with van der Waals surface area (Å²) in [5, 5.41) is 10.9. The molecule has 7 nitrogen and oxygen atoms in total. The molecular weight excluding hydrogens is 386 g/mol. The average molecular weight is 414 g/mol.